The van der Waals surface area contributed by atoms with E-state index in [4.69, 9.17) is 5.26 Å². The van der Waals surface area contributed by atoms with Gasteiger partial charge in [-0.05, 0) is 30.2 Å². The third-order valence-electron chi connectivity index (χ3n) is 1.81. The summed E-state index contributed by atoms with van der Waals surface area (Å²) >= 11 is 0. The Morgan fingerprint density at radius 1 is 1.54 bits per heavy atom. The normalized spacial score (nSPS) is 10.6. The third kappa shape index (κ3) is 2.31. The molecule has 1 aromatic rings. The van der Waals surface area contributed by atoms with Crippen LogP contribution in [0.15, 0.2) is 43.0 Å². The van der Waals surface area contributed by atoms with Crippen LogP contribution in [0.4, 0.5) is 0 Å². The van der Waals surface area contributed by atoms with Crippen molar-refractivity contribution in [2.75, 3.05) is 0 Å². The first-order valence-corrected chi connectivity index (χ1v) is 4.08. The Morgan fingerprint density at radius 3 is 2.92 bits per heavy atom. The average molecular weight is 169 g/mol. The monoisotopic (exact) mass is 169 g/mol. The Hall–Kier alpha value is -1.81. The van der Waals surface area contributed by atoms with Crippen LogP contribution in [0.1, 0.15) is 18.1 Å². The number of hydrogen-bond donors (Lipinski definition) is 0. The van der Waals surface area contributed by atoms with Gasteiger partial charge in [0.1, 0.15) is 0 Å². The third-order valence-corrected chi connectivity index (χ3v) is 1.81. The van der Waals surface area contributed by atoms with E-state index < -0.39 is 0 Å². The zero-order chi connectivity index (χ0) is 9.68. The number of benzene rings is 1. The molecule has 1 rings (SSSR count). The molecule has 0 bridgehead atoms. The van der Waals surface area contributed by atoms with E-state index in [1.807, 2.05) is 31.2 Å². The minimum atomic E-state index is 0.689. The van der Waals surface area contributed by atoms with Crippen molar-refractivity contribution in [2.24, 2.45) is 0 Å². The maximum absolute atomic E-state index is 8.68. The van der Waals surface area contributed by atoms with Crippen molar-refractivity contribution in [3.05, 3.63) is 54.1 Å². The smallest absolute Gasteiger partial charge is 0.0991 e. The van der Waals surface area contributed by atoms with Gasteiger partial charge in [0.15, 0.2) is 0 Å². The summed E-state index contributed by atoms with van der Waals surface area (Å²) in [5, 5.41) is 8.68. The fraction of sp³-hybridized carbons (Fsp3) is 0.0833. The van der Waals surface area contributed by atoms with E-state index in [1.54, 1.807) is 12.1 Å². The molecule has 0 aromatic heterocycles. The van der Waals surface area contributed by atoms with Crippen LogP contribution in [0.3, 0.4) is 0 Å². The zero-order valence-electron chi connectivity index (χ0n) is 7.62. The second-order valence-electron chi connectivity index (χ2n) is 2.78. The van der Waals surface area contributed by atoms with E-state index >= 15 is 0 Å². The highest BCUT2D eigenvalue weighted by molar-refractivity contribution is 5.66. The van der Waals surface area contributed by atoms with Gasteiger partial charge >= 0.3 is 0 Å². The fourth-order valence-corrected chi connectivity index (χ4v) is 1.11. The minimum Gasteiger partial charge on any atom is -0.192 e. The van der Waals surface area contributed by atoms with E-state index in [0.29, 0.717) is 5.56 Å². The zero-order valence-corrected chi connectivity index (χ0v) is 7.62. The molecular formula is C12H11N. The van der Waals surface area contributed by atoms with Gasteiger partial charge in [0.05, 0.1) is 11.6 Å². The fourth-order valence-electron chi connectivity index (χ4n) is 1.11. The highest BCUT2D eigenvalue weighted by Gasteiger charge is 1.95. The Balaban J connectivity index is 3.10. The quantitative estimate of drug-likeness (QED) is 0.624. The summed E-state index contributed by atoms with van der Waals surface area (Å²) in [5.74, 6) is 0. The molecule has 0 saturated heterocycles. The molecule has 0 saturated carbocycles. The van der Waals surface area contributed by atoms with Crippen molar-refractivity contribution in [1.82, 2.24) is 0 Å². The average Bonchev–Trinajstić information content (AvgIpc) is 2.18. The topological polar surface area (TPSA) is 23.8 Å². The summed E-state index contributed by atoms with van der Waals surface area (Å²) in [7, 11) is 0. The largest absolute Gasteiger partial charge is 0.192 e. The van der Waals surface area contributed by atoms with Crippen molar-refractivity contribution in [2.45, 2.75) is 6.92 Å². The van der Waals surface area contributed by atoms with Gasteiger partial charge in [0, 0.05) is 0 Å². The Bertz CT molecular complexity index is 380. The first-order valence-electron chi connectivity index (χ1n) is 4.08. The summed E-state index contributed by atoms with van der Waals surface area (Å²) in [4.78, 5) is 0. The van der Waals surface area contributed by atoms with Crippen molar-refractivity contribution in [1.29, 1.82) is 5.26 Å². The lowest BCUT2D eigenvalue weighted by atomic mass is 10.0. The van der Waals surface area contributed by atoms with Gasteiger partial charge in [0.2, 0.25) is 0 Å². The molecule has 0 aliphatic carbocycles. The molecule has 0 amide bonds. The highest BCUT2D eigenvalue weighted by Crippen LogP contribution is 2.14. The van der Waals surface area contributed by atoms with E-state index in [2.05, 4.69) is 12.6 Å². The Morgan fingerprint density at radius 2 is 2.31 bits per heavy atom. The summed E-state index contributed by atoms with van der Waals surface area (Å²) in [6.07, 6.45) is 3.67. The second-order valence-corrected chi connectivity index (χ2v) is 2.78. The highest BCUT2D eigenvalue weighted by atomic mass is 14.2. The first-order chi connectivity index (χ1) is 6.27. The van der Waals surface area contributed by atoms with Crippen LogP contribution in [0.25, 0.3) is 5.57 Å². The molecule has 0 unspecified atom stereocenters. The minimum absolute atomic E-state index is 0.689. The van der Waals surface area contributed by atoms with Gasteiger partial charge in [-0.25, -0.2) is 0 Å². The first kappa shape index (κ1) is 9.28. The molecule has 1 nitrogen and oxygen atoms in total. The van der Waals surface area contributed by atoms with Crippen LogP contribution in [-0.4, -0.2) is 0 Å². The number of hydrogen-bond acceptors (Lipinski definition) is 1. The van der Waals surface area contributed by atoms with Gasteiger partial charge in [-0.1, -0.05) is 30.9 Å². The van der Waals surface area contributed by atoms with Crippen molar-refractivity contribution >= 4 is 5.57 Å². The van der Waals surface area contributed by atoms with E-state index in [9.17, 15) is 0 Å². The van der Waals surface area contributed by atoms with E-state index in [0.717, 1.165) is 11.1 Å². The molecule has 0 atom stereocenters. The molecule has 0 aliphatic rings. The Kier molecular flexibility index (Phi) is 3.05. The molecule has 13 heavy (non-hydrogen) atoms. The van der Waals surface area contributed by atoms with Crippen LogP contribution in [0, 0.1) is 11.3 Å². The summed E-state index contributed by atoms with van der Waals surface area (Å²) in [6.45, 7) is 5.63. The molecule has 0 N–H and O–H groups in total. The molecule has 1 heteroatoms. The Labute approximate surface area is 78.6 Å². The molecule has 0 fully saturated rings. The van der Waals surface area contributed by atoms with Gasteiger partial charge in [-0.3, -0.25) is 0 Å². The van der Waals surface area contributed by atoms with Crippen LogP contribution < -0.4 is 0 Å². The lowest BCUT2D eigenvalue weighted by Crippen LogP contribution is -1.80. The van der Waals surface area contributed by atoms with Gasteiger partial charge in [-0.2, -0.15) is 5.26 Å². The van der Waals surface area contributed by atoms with Crippen LogP contribution in [0.2, 0.25) is 0 Å². The lowest BCUT2D eigenvalue weighted by Gasteiger charge is -1.99. The number of rotatable bonds is 2. The summed E-state index contributed by atoms with van der Waals surface area (Å²) in [5.41, 5.74) is 2.88. The number of allylic oxidation sites excluding steroid dienone is 3. The standard InChI is InChI=1S/C12H11N/c1-3-5-10(2)12-7-4-6-11(8-12)9-13/h3-8H,1H2,2H3/b10-5+. The van der Waals surface area contributed by atoms with Gasteiger partial charge in [-0.15, -0.1) is 0 Å². The van der Waals surface area contributed by atoms with Crippen molar-refractivity contribution in [3.8, 4) is 6.07 Å². The van der Waals surface area contributed by atoms with Crippen molar-refractivity contribution in [3.63, 3.8) is 0 Å². The lowest BCUT2D eigenvalue weighted by molar-refractivity contribution is 1.46. The van der Waals surface area contributed by atoms with Crippen LogP contribution >= 0.6 is 0 Å². The van der Waals surface area contributed by atoms with Gasteiger partial charge < -0.3 is 0 Å². The predicted octanol–water partition coefficient (Wildman–Crippen LogP) is 3.15. The predicted molar refractivity (Wildman–Crippen MR) is 55.0 cm³/mol. The number of nitrogens with zero attached hydrogens (tertiary/aromatic N) is 1. The molecule has 64 valence electrons. The molecule has 1 aromatic carbocycles. The molecule has 0 aliphatic heterocycles. The van der Waals surface area contributed by atoms with Crippen LogP contribution in [-0.2, 0) is 0 Å². The number of nitriles is 1. The van der Waals surface area contributed by atoms with E-state index in [-0.39, 0.29) is 0 Å². The SMILES string of the molecule is C=C/C=C(\C)c1cccc(C#N)c1. The van der Waals surface area contributed by atoms with E-state index in [1.165, 1.54) is 0 Å². The second kappa shape index (κ2) is 4.27. The molecule has 0 spiro atoms. The maximum Gasteiger partial charge on any atom is 0.0991 e. The van der Waals surface area contributed by atoms with Crippen LogP contribution in [0.5, 0.6) is 0 Å². The van der Waals surface area contributed by atoms with Gasteiger partial charge in [0.25, 0.3) is 0 Å². The summed E-state index contributed by atoms with van der Waals surface area (Å²) in [6, 6.07) is 9.64. The molecular weight excluding hydrogens is 158 g/mol. The molecule has 0 heterocycles. The maximum atomic E-state index is 8.68. The summed E-state index contributed by atoms with van der Waals surface area (Å²) < 4.78 is 0. The molecule has 0 radical (unpaired) electrons. The van der Waals surface area contributed by atoms with Crippen molar-refractivity contribution < 1.29 is 0 Å².